The minimum atomic E-state index is 0. The fraction of sp³-hybridized carbons (Fsp3) is 0.500. The van der Waals surface area contributed by atoms with Crippen LogP contribution in [0.3, 0.4) is 0 Å². The van der Waals surface area contributed by atoms with Crippen molar-refractivity contribution in [3.05, 3.63) is 35.9 Å². The van der Waals surface area contributed by atoms with E-state index in [4.69, 9.17) is 4.74 Å². The minimum absolute atomic E-state index is 0. The summed E-state index contributed by atoms with van der Waals surface area (Å²) in [5, 5.41) is 6.06. The Kier molecular flexibility index (Phi) is 11.3. The second-order valence-corrected chi connectivity index (χ2v) is 4.08. The lowest BCUT2D eigenvalue weighted by atomic mass is 10.1. The number of halogens is 1. The fourth-order valence-electron chi connectivity index (χ4n) is 1.58. The number of benzene rings is 1. The summed E-state index contributed by atoms with van der Waals surface area (Å²) < 4.78 is 4.91. The molecule has 0 atom stereocenters. The summed E-state index contributed by atoms with van der Waals surface area (Å²) in [5.41, 5.74) is 1.20. The van der Waals surface area contributed by atoms with Crippen LogP contribution in [0.5, 0.6) is 0 Å². The first-order valence-electron chi connectivity index (χ1n) is 6.33. The molecular weight excluding hydrogens is 264 g/mol. The normalized spacial score (nSPS) is 9.74. The van der Waals surface area contributed by atoms with Crippen molar-refractivity contribution in [2.24, 2.45) is 0 Å². The molecule has 0 aliphatic carbocycles. The number of ether oxygens (including phenoxy) is 1. The molecule has 108 valence electrons. The molecule has 0 fully saturated rings. The Morgan fingerprint density at radius 1 is 1.16 bits per heavy atom. The number of rotatable bonds is 9. The van der Waals surface area contributed by atoms with Gasteiger partial charge in [-0.25, -0.2) is 0 Å². The maximum atomic E-state index is 11.5. The first kappa shape index (κ1) is 17.9. The third-order valence-electron chi connectivity index (χ3n) is 2.59. The van der Waals surface area contributed by atoms with Crippen LogP contribution in [0.2, 0.25) is 0 Å². The highest BCUT2D eigenvalue weighted by Crippen LogP contribution is 2.01. The monoisotopic (exact) mass is 286 g/mol. The number of carbonyl (C=O) groups excluding carboxylic acids is 1. The number of carbonyl (C=O) groups is 1. The van der Waals surface area contributed by atoms with Gasteiger partial charge in [0.2, 0.25) is 5.91 Å². The van der Waals surface area contributed by atoms with Crippen LogP contribution in [0.15, 0.2) is 30.3 Å². The van der Waals surface area contributed by atoms with Crippen molar-refractivity contribution in [2.45, 2.75) is 12.8 Å². The predicted molar refractivity (Wildman–Crippen MR) is 79.8 cm³/mol. The van der Waals surface area contributed by atoms with Crippen molar-refractivity contribution in [2.75, 3.05) is 33.4 Å². The van der Waals surface area contributed by atoms with Gasteiger partial charge in [-0.3, -0.25) is 4.79 Å². The van der Waals surface area contributed by atoms with Crippen LogP contribution in [0.4, 0.5) is 0 Å². The highest BCUT2D eigenvalue weighted by Gasteiger charge is 2.00. The Labute approximate surface area is 121 Å². The second kappa shape index (κ2) is 12.0. The van der Waals surface area contributed by atoms with Crippen molar-refractivity contribution < 1.29 is 9.53 Å². The van der Waals surface area contributed by atoms with E-state index in [-0.39, 0.29) is 18.3 Å². The standard InChI is InChI=1S/C14H22N2O2.ClH/c1-18-12-11-15-9-10-16-14(17)8-7-13-5-3-2-4-6-13;/h2-6,15H,7-12H2,1H3,(H,16,17);1H. The van der Waals surface area contributed by atoms with Gasteiger partial charge in [-0.15, -0.1) is 12.4 Å². The van der Waals surface area contributed by atoms with E-state index in [1.54, 1.807) is 7.11 Å². The minimum Gasteiger partial charge on any atom is -0.383 e. The summed E-state index contributed by atoms with van der Waals surface area (Å²) in [7, 11) is 1.67. The van der Waals surface area contributed by atoms with Crippen LogP contribution in [-0.4, -0.2) is 39.3 Å². The zero-order valence-corrected chi connectivity index (χ0v) is 12.2. The number of nitrogens with one attached hydrogen (secondary N) is 2. The first-order chi connectivity index (χ1) is 8.83. The largest absolute Gasteiger partial charge is 0.383 e. The van der Waals surface area contributed by atoms with Gasteiger partial charge in [0.05, 0.1) is 6.61 Å². The zero-order valence-electron chi connectivity index (χ0n) is 11.4. The molecule has 1 aromatic carbocycles. The molecule has 19 heavy (non-hydrogen) atoms. The van der Waals surface area contributed by atoms with E-state index in [9.17, 15) is 4.79 Å². The molecule has 0 aliphatic heterocycles. The highest BCUT2D eigenvalue weighted by atomic mass is 35.5. The van der Waals surface area contributed by atoms with Crippen LogP contribution in [0.1, 0.15) is 12.0 Å². The summed E-state index contributed by atoms with van der Waals surface area (Å²) in [5.74, 6) is 0.104. The molecule has 0 aromatic heterocycles. The topological polar surface area (TPSA) is 50.4 Å². The molecule has 2 N–H and O–H groups in total. The van der Waals surface area contributed by atoms with Crippen LogP contribution in [-0.2, 0) is 16.0 Å². The molecule has 4 nitrogen and oxygen atoms in total. The van der Waals surface area contributed by atoms with E-state index in [0.29, 0.717) is 19.6 Å². The lowest BCUT2D eigenvalue weighted by molar-refractivity contribution is -0.121. The summed E-state index contributed by atoms with van der Waals surface area (Å²) >= 11 is 0. The summed E-state index contributed by atoms with van der Waals surface area (Å²) in [6.07, 6.45) is 1.34. The van der Waals surface area contributed by atoms with E-state index in [0.717, 1.165) is 19.5 Å². The molecule has 0 heterocycles. The third kappa shape index (κ3) is 9.47. The Morgan fingerprint density at radius 2 is 1.89 bits per heavy atom. The number of methoxy groups -OCH3 is 1. The lowest BCUT2D eigenvalue weighted by Gasteiger charge is -2.06. The molecule has 0 radical (unpaired) electrons. The van der Waals surface area contributed by atoms with Crippen molar-refractivity contribution >= 4 is 18.3 Å². The fourth-order valence-corrected chi connectivity index (χ4v) is 1.58. The molecule has 0 bridgehead atoms. The van der Waals surface area contributed by atoms with Crippen molar-refractivity contribution in [1.29, 1.82) is 0 Å². The van der Waals surface area contributed by atoms with Gasteiger partial charge < -0.3 is 15.4 Å². The molecule has 1 rings (SSSR count). The van der Waals surface area contributed by atoms with Crippen LogP contribution in [0.25, 0.3) is 0 Å². The highest BCUT2D eigenvalue weighted by molar-refractivity contribution is 5.85. The van der Waals surface area contributed by atoms with Gasteiger partial charge in [0.15, 0.2) is 0 Å². The van der Waals surface area contributed by atoms with Gasteiger partial charge in [-0.1, -0.05) is 30.3 Å². The van der Waals surface area contributed by atoms with Gasteiger partial charge in [0.25, 0.3) is 0 Å². The maximum absolute atomic E-state index is 11.5. The van der Waals surface area contributed by atoms with Gasteiger partial charge in [0, 0.05) is 33.2 Å². The van der Waals surface area contributed by atoms with Crippen molar-refractivity contribution in [1.82, 2.24) is 10.6 Å². The Bertz CT molecular complexity index is 333. The van der Waals surface area contributed by atoms with Crippen molar-refractivity contribution in [3.8, 4) is 0 Å². The quantitative estimate of drug-likeness (QED) is 0.675. The molecule has 0 saturated heterocycles. The smallest absolute Gasteiger partial charge is 0.220 e. The van der Waals surface area contributed by atoms with Crippen LogP contribution < -0.4 is 10.6 Å². The van der Waals surface area contributed by atoms with Gasteiger partial charge in [0.1, 0.15) is 0 Å². The maximum Gasteiger partial charge on any atom is 0.220 e. The predicted octanol–water partition coefficient (Wildman–Crippen LogP) is 1.39. The molecule has 0 spiro atoms. The second-order valence-electron chi connectivity index (χ2n) is 4.08. The Balaban J connectivity index is 0.00000324. The molecule has 1 amide bonds. The first-order valence-corrected chi connectivity index (χ1v) is 6.33. The van der Waals surface area contributed by atoms with E-state index < -0.39 is 0 Å². The molecule has 5 heteroatoms. The Hall–Kier alpha value is -1.10. The molecule has 0 aliphatic rings. The van der Waals surface area contributed by atoms with Crippen LogP contribution >= 0.6 is 12.4 Å². The van der Waals surface area contributed by atoms with Gasteiger partial charge in [-0.2, -0.15) is 0 Å². The molecule has 0 saturated carbocycles. The third-order valence-corrected chi connectivity index (χ3v) is 2.59. The van der Waals surface area contributed by atoms with Crippen molar-refractivity contribution in [3.63, 3.8) is 0 Å². The number of hydrogen-bond donors (Lipinski definition) is 2. The molecule has 0 unspecified atom stereocenters. The SMILES string of the molecule is COCCNCCNC(=O)CCc1ccccc1.Cl. The summed E-state index contributed by atoms with van der Waals surface area (Å²) in [4.78, 5) is 11.5. The Morgan fingerprint density at radius 3 is 2.58 bits per heavy atom. The van der Waals surface area contributed by atoms with E-state index in [1.807, 2.05) is 30.3 Å². The van der Waals surface area contributed by atoms with E-state index in [1.165, 1.54) is 5.56 Å². The van der Waals surface area contributed by atoms with Crippen LogP contribution in [0, 0.1) is 0 Å². The van der Waals surface area contributed by atoms with E-state index >= 15 is 0 Å². The van der Waals surface area contributed by atoms with Gasteiger partial charge in [-0.05, 0) is 12.0 Å². The average molecular weight is 287 g/mol. The molecular formula is C14H23ClN2O2. The average Bonchev–Trinajstić information content (AvgIpc) is 2.41. The number of hydrogen-bond acceptors (Lipinski definition) is 3. The zero-order chi connectivity index (χ0) is 13.1. The number of aryl methyl sites for hydroxylation is 1. The van der Waals surface area contributed by atoms with E-state index in [2.05, 4.69) is 10.6 Å². The number of amides is 1. The lowest BCUT2D eigenvalue weighted by Crippen LogP contribution is -2.33. The van der Waals surface area contributed by atoms with Gasteiger partial charge >= 0.3 is 0 Å². The molecule has 1 aromatic rings. The summed E-state index contributed by atoms with van der Waals surface area (Å²) in [6, 6.07) is 10.0. The summed E-state index contributed by atoms with van der Waals surface area (Å²) in [6.45, 7) is 2.95.